The van der Waals surface area contributed by atoms with Crippen molar-refractivity contribution in [3.8, 4) is 0 Å². The molecule has 0 radical (unpaired) electrons. The summed E-state index contributed by atoms with van der Waals surface area (Å²) in [5, 5.41) is 1.43. The van der Waals surface area contributed by atoms with Crippen molar-refractivity contribution in [1.82, 2.24) is 19.9 Å². The Bertz CT molecular complexity index is 646. The highest BCUT2D eigenvalue weighted by molar-refractivity contribution is 7.99. The molecule has 1 aromatic carbocycles. The molecule has 0 unspecified atom stereocenters. The van der Waals surface area contributed by atoms with Gasteiger partial charge in [-0.25, -0.2) is 15.0 Å². The third kappa shape index (κ3) is 2.20. The number of nitrogens with zero attached hydrogens (tertiary/aromatic N) is 3. The SMILES string of the molecule is NCc1ccnc(Sc2nc3ccccc3[nH]2)n1. The van der Waals surface area contributed by atoms with Crippen LogP contribution in [0, 0.1) is 0 Å². The predicted octanol–water partition coefficient (Wildman–Crippen LogP) is 1.96. The summed E-state index contributed by atoms with van der Waals surface area (Å²) in [6, 6.07) is 9.70. The van der Waals surface area contributed by atoms with Crippen LogP contribution >= 0.6 is 11.8 Å². The Morgan fingerprint density at radius 1 is 1.17 bits per heavy atom. The molecule has 5 nitrogen and oxygen atoms in total. The molecule has 0 aliphatic rings. The van der Waals surface area contributed by atoms with Crippen molar-refractivity contribution in [2.45, 2.75) is 16.9 Å². The Hall–Kier alpha value is -1.92. The number of aromatic amines is 1. The lowest BCUT2D eigenvalue weighted by Gasteiger charge is -1.98. The molecule has 0 saturated carbocycles. The summed E-state index contributed by atoms with van der Waals surface area (Å²) in [6.45, 7) is 0.413. The van der Waals surface area contributed by atoms with Gasteiger partial charge in [-0.05, 0) is 30.0 Å². The molecule has 2 aromatic heterocycles. The average Bonchev–Trinajstić information content (AvgIpc) is 2.81. The molecule has 0 fully saturated rings. The molecule has 0 saturated heterocycles. The van der Waals surface area contributed by atoms with Crippen LogP contribution in [0.3, 0.4) is 0 Å². The molecule has 3 aromatic rings. The Labute approximate surface area is 108 Å². The van der Waals surface area contributed by atoms with E-state index in [-0.39, 0.29) is 0 Å². The first-order valence-corrected chi connectivity index (χ1v) is 6.31. The van der Waals surface area contributed by atoms with Crippen LogP contribution < -0.4 is 5.73 Å². The van der Waals surface area contributed by atoms with Gasteiger partial charge in [0, 0.05) is 12.7 Å². The van der Waals surface area contributed by atoms with Gasteiger partial charge < -0.3 is 10.7 Å². The fourth-order valence-corrected chi connectivity index (χ4v) is 2.36. The van der Waals surface area contributed by atoms with Gasteiger partial charge in [-0.1, -0.05) is 12.1 Å². The first-order valence-electron chi connectivity index (χ1n) is 5.50. The highest BCUT2D eigenvalue weighted by Crippen LogP contribution is 2.24. The summed E-state index contributed by atoms with van der Waals surface area (Å²) in [5.41, 5.74) is 8.32. The zero-order valence-electron chi connectivity index (χ0n) is 9.50. The zero-order valence-corrected chi connectivity index (χ0v) is 10.3. The van der Waals surface area contributed by atoms with E-state index in [0.717, 1.165) is 21.9 Å². The second-order valence-electron chi connectivity index (χ2n) is 3.70. The van der Waals surface area contributed by atoms with Gasteiger partial charge >= 0.3 is 0 Å². The lowest BCUT2D eigenvalue weighted by molar-refractivity contribution is 0.870. The maximum absolute atomic E-state index is 5.55. The van der Waals surface area contributed by atoms with Gasteiger partial charge in [-0.2, -0.15) is 0 Å². The van der Waals surface area contributed by atoms with Crippen LogP contribution in [0.15, 0.2) is 46.8 Å². The van der Waals surface area contributed by atoms with E-state index in [1.54, 1.807) is 6.20 Å². The Kier molecular flexibility index (Phi) is 2.95. The molecular formula is C12H11N5S. The van der Waals surface area contributed by atoms with Crippen molar-refractivity contribution in [2.75, 3.05) is 0 Å². The van der Waals surface area contributed by atoms with Gasteiger partial charge in [0.25, 0.3) is 0 Å². The number of hydrogen-bond donors (Lipinski definition) is 2. The van der Waals surface area contributed by atoms with Gasteiger partial charge in [0.1, 0.15) is 0 Å². The quantitative estimate of drug-likeness (QED) is 0.701. The fraction of sp³-hybridized carbons (Fsp3) is 0.0833. The minimum atomic E-state index is 0.413. The van der Waals surface area contributed by atoms with Gasteiger partial charge in [0.15, 0.2) is 10.3 Å². The maximum atomic E-state index is 5.55. The number of nitrogens with one attached hydrogen (secondary N) is 1. The molecule has 0 spiro atoms. The van der Waals surface area contributed by atoms with E-state index in [9.17, 15) is 0 Å². The molecule has 0 aliphatic carbocycles. The van der Waals surface area contributed by atoms with Gasteiger partial charge in [-0.3, -0.25) is 0 Å². The standard InChI is InChI=1S/C12H11N5S/c13-7-8-5-6-14-11(15-8)18-12-16-9-3-1-2-4-10(9)17-12/h1-6H,7,13H2,(H,16,17). The largest absolute Gasteiger partial charge is 0.333 e. The molecule has 3 N–H and O–H groups in total. The summed E-state index contributed by atoms with van der Waals surface area (Å²) in [6.07, 6.45) is 1.71. The van der Waals surface area contributed by atoms with E-state index in [4.69, 9.17) is 5.73 Å². The van der Waals surface area contributed by atoms with Crippen molar-refractivity contribution < 1.29 is 0 Å². The third-order valence-corrected chi connectivity index (χ3v) is 3.22. The predicted molar refractivity (Wildman–Crippen MR) is 70.1 cm³/mol. The van der Waals surface area contributed by atoms with Crippen LogP contribution in [0.25, 0.3) is 11.0 Å². The number of H-pyrrole nitrogens is 1. The first kappa shape index (κ1) is 11.2. The minimum Gasteiger partial charge on any atom is -0.333 e. The van der Waals surface area contributed by atoms with E-state index in [2.05, 4.69) is 19.9 Å². The molecule has 0 bridgehead atoms. The fourth-order valence-electron chi connectivity index (χ4n) is 1.60. The molecule has 0 atom stereocenters. The average molecular weight is 257 g/mol. The first-order chi connectivity index (χ1) is 8.85. The van der Waals surface area contributed by atoms with Crippen molar-refractivity contribution in [1.29, 1.82) is 0 Å². The molecular weight excluding hydrogens is 246 g/mol. The minimum absolute atomic E-state index is 0.413. The smallest absolute Gasteiger partial charge is 0.195 e. The van der Waals surface area contributed by atoms with E-state index in [0.29, 0.717) is 11.7 Å². The molecule has 90 valence electrons. The number of aromatic nitrogens is 4. The monoisotopic (exact) mass is 257 g/mol. The lowest BCUT2D eigenvalue weighted by atomic mass is 10.3. The van der Waals surface area contributed by atoms with Crippen molar-refractivity contribution >= 4 is 22.8 Å². The summed E-state index contributed by atoms with van der Waals surface area (Å²) < 4.78 is 0. The molecule has 0 amide bonds. The molecule has 6 heteroatoms. The normalized spacial score (nSPS) is 10.9. The molecule has 2 heterocycles. The zero-order chi connectivity index (χ0) is 12.4. The molecule has 3 rings (SSSR count). The van der Waals surface area contributed by atoms with Crippen LogP contribution in [0.5, 0.6) is 0 Å². The lowest BCUT2D eigenvalue weighted by Crippen LogP contribution is -2.00. The second kappa shape index (κ2) is 4.75. The van der Waals surface area contributed by atoms with Gasteiger partial charge in [0.2, 0.25) is 0 Å². The number of fused-ring (bicyclic) bond motifs is 1. The highest BCUT2D eigenvalue weighted by atomic mass is 32.2. The van der Waals surface area contributed by atoms with E-state index in [1.807, 2.05) is 30.3 Å². The number of imidazole rings is 1. The Morgan fingerprint density at radius 2 is 2.06 bits per heavy atom. The summed E-state index contributed by atoms with van der Waals surface area (Å²) in [7, 11) is 0. The number of para-hydroxylation sites is 2. The highest BCUT2D eigenvalue weighted by Gasteiger charge is 2.06. The van der Waals surface area contributed by atoms with E-state index in [1.165, 1.54) is 11.8 Å². The summed E-state index contributed by atoms with van der Waals surface area (Å²) >= 11 is 1.40. The van der Waals surface area contributed by atoms with Crippen LogP contribution in [0.1, 0.15) is 5.69 Å². The van der Waals surface area contributed by atoms with Gasteiger partial charge in [-0.15, -0.1) is 0 Å². The van der Waals surface area contributed by atoms with Crippen LogP contribution in [-0.4, -0.2) is 19.9 Å². The van der Waals surface area contributed by atoms with Crippen molar-refractivity contribution in [3.05, 3.63) is 42.2 Å². The van der Waals surface area contributed by atoms with Crippen molar-refractivity contribution in [2.24, 2.45) is 5.73 Å². The van der Waals surface area contributed by atoms with Crippen LogP contribution in [-0.2, 0) is 6.54 Å². The molecule has 0 aliphatic heterocycles. The third-order valence-electron chi connectivity index (χ3n) is 2.46. The van der Waals surface area contributed by atoms with Crippen LogP contribution in [0.2, 0.25) is 0 Å². The molecule has 18 heavy (non-hydrogen) atoms. The number of rotatable bonds is 3. The Balaban J connectivity index is 1.91. The summed E-state index contributed by atoms with van der Waals surface area (Å²) in [4.78, 5) is 16.2. The van der Waals surface area contributed by atoms with Crippen molar-refractivity contribution in [3.63, 3.8) is 0 Å². The topological polar surface area (TPSA) is 80.5 Å². The maximum Gasteiger partial charge on any atom is 0.195 e. The summed E-state index contributed by atoms with van der Waals surface area (Å²) in [5.74, 6) is 0. The number of nitrogens with two attached hydrogens (primary N) is 1. The number of benzene rings is 1. The van der Waals surface area contributed by atoms with E-state index < -0.39 is 0 Å². The number of hydrogen-bond acceptors (Lipinski definition) is 5. The van der Waals surface area contributed by atoms with Gasteiger partial charge in [0.05, 0.1) is 16.7 Å². The second-order valence-corrected chi connectivity index (χ2v) is 4.65. The van der Waals surface area contributed by atoms with Crippen LogP contribution in [0.4, 0.5) is 0 Å². The Morgan fingerprint density at radius 3 is 2.89 bits per heavy atom. The van der Waals surface area contributed by atoms with E-state index >= 15 is 0 Å².